The number of carbonyl (C=O) groups excluding carboxylic acids is 2. The maximum atomic E-state index is 11.6. The van der Waals surface area contributed by atoms with Crippen molar-refractivity contribution in [2.45, 2.75) is 26.7 Å². The fourth-order valence-corrected chi connectivity index (χ4v) is 1.77. The van der Waals surface area contributed by atoms with Crippen molar-refractivity contribution in [1.29, 1.82) is 0 Å². The summed E-state index contributed by atoms with van der Waals surface area (Å²) in [6.07, 6.45) is 1.26. The third kappa shape index (κ3) is 1.64. The van der Waals surface area contributed by atoms with E-state index >= 15 is 0 Å². The van der Waals surface area contributed by atoms with Crippen molar-refractivity contribution in [3.8, 4) is 0 Å². The van der Waals surface area contributed by atoms with Crippen molar-refractivity contribution in [3.05, 3.63) is 11.1 Å². The maximum Gasteiger partial charge on any atom is 0.327 e. The van der Waals surface area contributed by atoms with Crippen LogP contribution in [-0.2, 0) is 19.1 Å². The Morgan fingerprint density at radius 1 is 1.27 bits per heavy atom. The molecule has 0 amide bonds. The molecule has 0 saturated heterocycles. The predicted molar refractivity (Wildman–Crippen MR) is 54.1 cm³/mol. The monoisotopic (exact) mass is 212 g/mol. The number of rotatable bonds is 3. The van der Waals surface area contributed by atoms with Gasteiger partial charge in [-0.3, -0.25) is 9.59 Å². The van der Waals surface area contributed by atoms with Gasteiger partial charge in [-0.2, -0.15) is 0 Å². The minimum atomic E-state index is -1.14. The second-order valence-electron chi connectivity index (χ2n) is 3.68. The van der Waals surface area contributed by atoms with Crippen molar-refractivity contribution < 1.29 is 19.1 Å². The molecule has 0 aromatic carbocycles. The molecule has 4 nitrogen and oxygen atoms in total. The Balaban J connectivity index is 3.06. The Hall–Kier alpha value is -1.32. The van der Waals surface area contributed by atoms with E-state index in [1.54, 1.807) is 0 Å². The highest BCUT2D eigenvalue weighted by Gasteiger charge is 2.64. The molecule has 0 aromatic rings. The van der Waals surface area contributed by atoms with Gasteiger partial charge in [-0.05, 0) is 18.9 Å². The summed E-state index contributed by atoms with van der Waals surface area (Å²) >= 11 is 0. The quantitative estimate of drug-likeness (QED) is 0.403. The number of allylic oxidation sites excluding steroid dienone is 1. The molecule has 1 fully saturated rings. The van der Waals surface area contributed by atoms with E-state index in [1.165, 1.54) is 14.2 Å². The maximum absolute atomic E-state index is 11.6. The molecule has 0 radical (unpaired) electrons. The lowest BCUT2D eigenvalue weighted by molar-refractivity contribution is -0.160. The molecule has 0 atom stereocenters. The highest BCUT2D eigenvalue weighted by Crippen LogP contribution is 2.55. The van der Waals surface area contributed by atoms with Gasteiger partial charge in [0.1, 0.15) is 0 Å². The van der Waals surface area contributed by atoms with Crippen molar-refractivity contribution in [3.63, 3.8) is 0 Å². The Morgan fingerprint density at radius 3 is 2.07 bits per heavy atom. The zero-order valence-electron chi connectivity index (χ0n) is 9.55. The van der Waals surface area contributed by atoms with Gasteiger partial charge in [-0.25, -0.2) is 0 Å². The molecule has 1 aliphatic rings. The molecule has 0 bridgehead atoms. The van der Waals surface area contributed by atoms with E-state index in [-0.39, 0.29) is 0 Å². The fraction of sp³-hybridized carbons (Fsp3) is 0.636. The van der Waals surface area contributed by atoms with Crippen LogP contribution in [-0.4, -0.2) is 26.2 Å². The topological polar surface area (TPSA) is 52.6 Å². The van der Waals surface area contributed by atoms with Crippen molar-refractivity contribution in [2.24, 2.45) is 5.41 Å². The highest BCUT2D eigenvalue weighted by molar-refractivity contribution is 6.09. The van der Waals surface area contributed by atoms with E-state index in [2.05, 4.69) is 9.47 Å². The first-order valence-corrected chi connectivity index (χ1v) is 4.90. The van der Waals surface area contributed by atoms with Gasteiger partial charge >= 0.3 is 11.9 Å². The number of esters is 2. The molecular weight excluding hydrogens is 196 g/mol. The smallest absolute Gasteiger partial charge is 0.327 e. The number of methoxy groups -OCH3 is 2. The van der Waals surface area contributed by atoms with Crippen molar-refractivity contribution in [2.75, 3.05) is 14.2 Å². The first-order chi connectivity index (χ1) is 7.04. The van der Waals surface area contributed by atoms with Gasteiger partial charge in [0, 0.05) is 6.42 Å². The molecule has 0 aliphatic heterocycles. The van der Waals surface area contributed by atoms with Crippen LogP contribution in [0.5, 0.6) is 0 Å². The van der Waals surface area contributed by atoms with Gasteiger partial charge in [-0.15, -0.1) is 0 Å². The molecule has 0 unspecified atom stereocenters. The van der Waals surface area contributed by atoms with Gasteiger partial charge in [0.15, 0.2) is 5.41 Å². The zero-order chi connectivity index (χ0) is 11.6. The van der Waals surface area contributed by atoms with E-state index < -0.39 is 17.4 Å². The Kier molecular flexibility index (Phi) is 3.17. The molecule has 0 N–H and O–H groups in total. The van der Waals surface area contributed by atoms with Crippen molar-refractivity contribution >= 4 is 11.9 Å². The standard InChI is InChI=1S/C11H16O4/c1-5-7(2)8-6-11(8,9(12)14-3)10(13)15-4/h5-6H2,1-4H3/b8-7-. The lowest BCUT2D eigenvalue weighted by Gasteiger charge is -2.10. The van der Waals surface area contributed by atoms with Crippen LogP contribution < -0.4 is 0 Å². The van der Waals surface area contributed by atoms with E-state index in [0.717, 1.165) is 17.6 Å². The molecular formula is C11H16O4. The van der Waals surface area contributed by atoms with Gasteiger partial charge in [0.2, 0.25) is 0 Å². The molecule has 1 rings (SSSR count). The zero-order valence-corrected chi connectivity index (χ0v) is 9.55. The summed E-state index contributed by atoms with van der Waals surface area (Å²) in [4.78, 5) is 23.1. The molecule has 84 valence electrons. The van der Waals surface area contributed by atoms with Crippen LogP contribution in [0.3, 0.4) is 0 Å². The summed E-state index contributed by atoms with van der Waals surface area (Å²) < 4.78 is 9.30. The van der Waals surface area contributed by atoms with Gasteiger partial charge in [0.25, 0.3) is 0 Å². The molecule has 15 heavy (non-hydrogen) atoms. The van der Waals surface area contributed by atoms with Crippen LogP contribution in [0.1, 0.15) is 26.7 Å². The molecule has 0 heterocycles. The summed E-state index contributed by atoms with van der Waals surface area (Å²) in [5, 5.41) is 0. The third-order valence-electron chi connectivity index (χ3n) is 2.95. The van der Waals surface area contributed by atoms with Crippen LogP contribution in [0.2, 0.25) is 0 Å². The first kappa shape index (κ1) is 11.8. The van der Waals surface area contributed by atoms with Crippen LogP contribution in [0, 0.1) is 5.41 Å². The second-order valence-corrected chi connectivity index (χ2v) is 3.68. The van der Waals surface area contributed by atoms with E-state index in [9.17, 15) is 9.59 Å². The summed E-state index contributed by atoms with van der Waals surface area (Å²) in [6.45, 7) is 3.91. The van der Waals surface area contributed by atoms with E-state index in [4.69, 9.17) is 0 Å². The minimum Gasteiger partial charge on any atom is -0.468 e. The van der Waals surface area contributed by atoms with Crippen LogP contribution in [0.25, 0.3) is 0 Å². The SMILES string of the molecule is CC/C(C)=C1/CC1(C(=O)OC)C(=O)OC. The number of hydrogen-bond donors (Lipinski definition) is 0. The summed E-state index contributed by atoms with van der Waals surface area (Å²) in [5.74, 6) is -1.03. The molecule has 0 spiro atoms. The lowest BCUT2D eigenvalue weighted by atomic mass is 10.0. The van der Waals surface area contributed by atoms with Crippen LogP contribution >= 0.6 is 0 Å². The van der Waals surface area contributed by atoms with Gasteiger partial charge in [0.05, 0.1) is 14.2 Å². The largest absolute Gasteiger partial charge is 0.468 e. The summed E-state index contributed by atoms with van der Waals surface area (Å²) in [6, 6.07) is 0. The summed E-state index contributed by atoms with van der Waals surface area (Å²) in [5.41, 5.74) is 0.776. The van der Waals surface area contributed by atoms with Crippen LogP contribution in [0.4, 0.5) is 0 Å². The average Bonchev–Trinajstić information content (AvgIpc) is 3.02. The Labute approximate surface area is 89.2 Å². The Bertz CT molecular complexity index is 311. The Morgan fingerprint density at radius 2 is 1.73 bits per heavy atom. The van der Waals surface area contributed by atoms with Gasteiger partial charge in [-0.1, -0.05) is 12.5 Å². The molecule has 4 heteroatoms. The normalized spacial score (nSPS) is 20.5. The summed E-state index contributed by atoms with van der Waals surface area (Å²) in [7, 11) is 2.56. The van der Waals surface area contributed by atoms with Crippen LogP contribution in [0.15, 0.2) is 11.1 Å². The highest BCUT2D eigenvalue weighted by atomic mass is 16.5. The number of hydrogen-bond acceptors (Lipinski definition) is 4. The van der Waals surface area contributed by atoms with E-state index in [0.29, 0.717) is 6.42 Å². The number of ether oxygens (including phenoxy) is 2. The second kappa shape index (κ2) is 4.04. The molecule has 0 aromatic heterocycles. The average molecular weight is 212 g/mol. The molecule has 1 aliphatic carbocycles. The van der Waals surface area contributed by atoms with E-state index in [1.807, 2.05) is 13.8 Å². The number of carbonyl (C=O) groups is 2. The first-order valence-electron chi connectivity index (χ1n) is 4.90. The fourth-order valence-electron chi connectivity index (χ4n) is 1.77. The minimum absolute atomic E-state index is 0.437. The lowest BCUT2D eigenvalue weighted by Crippen LogP contribution is -2.28. The van der Waals surface area contributed by atoms with Crippen molar-refractivity contribution in [1.82, 2.24) is 0 Å². The molecule has 1 saturated carbocycles. The van der Waals surface area contributed by atoms with Gasteiger partial charge < -0.3 is 9.47 Å². The third-order valence-corrected chi connectivity index (χ3v) is 2.95. The predicted octanol–water partition coefficient (Wildman–Crippen LogP) is 1.45.